The fourth-order valence-electron chi connectivity index (χ4n) is 1.47. The maximum atomic E-state index is 11.1. The highest BCUT2D eigenvalue weighted by molar-refractivity contribution is 5.80. The fraction of sp³-hybridized carbons (Fsp3) is 0.889. The van der Waals surface area contributed by atoms with Crippen LogP contribution in [0.4, 0.5) is 0 Å². The van der Waals surface area contributed by atoms with Crippen molar-refractivity contribution in [3.8, 4) is 0 Å². The second-order valence-corrected chi connectivity index (χ2v) is 3.41. The van der Waals surface area contributed by atoms with E-state index in [9.17, 15) is 4.79 Å². The summed E-state index contributed by atoms with van der Waals surface area (Å²) in [6.45, 7) is 3.37. The zero-order chi connectivity index (χ0) is 10.4. The molecular weight excluding hydrogens is 184 g/mol. The minimum absolute atomic E-state index is 0.0452. The second kappa shape index (κ2) is 5.95. The van der Waals surface area contributed by atoms with Gasteiger partial charge in [0.05, 0.1) is 12.7 Å². The Kier molecular flexibility index (Phi) is 4.86. The van der Waals surface area contributed by atoms with E-state index in [2.05, 4.69) is 12.3 Å². The smallest absolute Gasteiger partial charge is 0.263 e. The molecule has 3 N–H and O–H groups in total. The summed E-state index contributed by atoms with van der Waals surface area (Å²) in [4.78, 5) is 11.1. The Bertz CT molecular complexity index is 187. The summed E-state index contributed by atoms with van der Waals surface area (Å²) in [6, 6.07) is 0. The van der Waals surface area contributed by atoms with E-state index < -0.39 is 6.10 Å². The number of amides is 1. The van der Waals surface area contributed by atoms with Gasteiger partial charge in [-0.05, 0) is 19.3 Å². The lowest BCUT2D eigenvalue weighted by Crippen LogP contribution is -2.39. The third kappa shape index (κ3) is 3.25. The first-order chi connectivity index (χ1) is 6.77. The zero-order valence-electron chi connectivity index (χ0n) is 8.49. The van der Waals surface area contributed by atoms with E-state index in [4.69, 9.17) is 15.3 Å². The molecule has 0 aromatic carbocycles. The molecule has 1 aliphatic heterocycles. The second-order valence-electron chi connectivity index (χ2n) is 3.41. The lowest BCUT2D eigenvalue weighted by molar-refractivity contribution is -0.133. The molecule has 0 aromatic rings. The lowest BCUT2D eigenvalue weighted by Gasteiger charge is -2.12. The molecule has 0 spiro atoms. The summed E-state index contributed by atoms with van der Waals surface area (Å²) in [6.07, 6.45) is 2.24. The number of hydrogen-bond donors (Lipinski definition) is 2. The molecule has 14 heavy (non-hydrogen) atoms. The molecule has 1 aliphatic rings. The summed E-state index contributed by atoms with van der Waals surface area (Å²) in [5.74, 6) is 4.76. The van der Waals surface area contributed by atoms with Crippen molar-refractivity contribution in [2.75, 3.05) is 13.2 Å². The Hall–Kier alpha value is -0.650. The molecule has 2 unspecified atom stereocenters. The standard InChI is InChI=1S/C9H18N2O3/c1-2-5-13-6-7-3-4-8(14-7)9(12)11-10/h7-8H,2-6,10H2,1H3,(H,11,12). The maximum Gasteiger partial charge on any atom is 0.263 e. The van der Waals surface area contributed by atoms with Crippen LogP contribution in [-0.4, -0.2) is 31.3 Å². The maximum absolute atomic E-state index is 11.1. The zero-order valence-corrected chi connectivity index (χ0v) is 8.49. The van der Waals surface area contributed by atoms with E-state index in [0.29, 0.717) is 6.61 Å². The summed E-state index contributed by atoms with van der Waals surface area (Å²) in [5, 5.41) is 0. The SMILES string of the molecule is CCCOCC1CCC(C(=O)NN)O1. The number of nitrogens with two attached hydrogens (primary N) is 1. The van der Waals surface area contributed by atoms with Gasteiger partial charge >= 0.3 is 0 Å². The van der Waals surface area contributed by atoms with Gasteiger partial charge in [-0.25, -0.2) is 5.84 Å². The third-order valence-electron chi connectivity index (χ3n) is 2.19. The van der Waals surface area contributed by atoms with Crippen LogP contribution in [0.5, 0.6) is 0 Å². The van der Waals surface area contributed by atoms with Gasteiger partial charge in [-0.2, -0.15) is 0 Å². The largest absolute Gasteiger partial charge is 0.379 e. The molecule has 82 valence electrons. The van der Waals surface area contributed by atoms with Crippen LogP contribution in [0.15, 0.2) is 0 Å². The van der Waals surface area contributed by atoms with E-state index in [0.717, 1.165) is 25.9 Å². The van der Waals surface area contributed by atoms with E-state index >= 15 is 0 Å². The monoisotopic (exact) mass is 202 g/mol. The predicted octanol–water partition coefficient (Wildman–Crippen LogP) is -0.0495. The minimum Gasteiger partial charge on any atom is -0.379 e. The van der Waals surface area contributed by atoms with Crippen molar-refractivity contribution in [1.82, 2.24) is 5.43 Å². The highest BCUT2D eigenvalue weighted by atomic mass is 16.5. The molecule has 2 atom stereocenters. The van der Waals surface area contributed by atoms with Gasteiger partial charge in [0.25, 0.3) is 5.91 Å². The molecular formula is C9H18N2O3. The van der Waals surface area contributed by atoms with Crippen molar-refractivity contribution in [3.05, 3.63) is 0 Å². The quantitative estimate of drug-likeness (QED) is 0.284. The summed E-state index contributed by atoms with van der Waals surface area (Å²) >= 11 is 0. The molecule has 1 fully saturated rings. The fourth-order valence-corrected chi connectivity index (χ4v) is 1.47. The summed E-state index contributed by atoms with van der Waals surface area (Å²) in [7, 11) is 0. The van der Waals surface area contributed by atoms with Crippen molar-refractivity contribution >= 4 is 5.91 Å². The lowest BCUT2D eigenvalue weighted by atomic mass is 10.2. The number of ether oxygens (including phenoxy) is 2. The van der Waals surface area contributed by atoms with Crippen molar-refractivity contribution in [2.24, 2.45) is 5.84 Å². The van der Waals surface area contributed by atoms with Gasteiger partial charge in [0, 0.05) is 6.61 Å². The van der Waals surface area contributed by atoms with Crippen LogP contribution in [0.2, 0.25) is 0 Å². The Labute approximate surface area is 83.9 Å². The van der Waals surface area contributed by atoms with Crippen molar-refractivity contribution in [1.29, 1.82) is 0 Å². The molecule has 1 amide bonds. The molecule has 5 heteroatoms. The minimum atomic E-state index is -0.393. The molecule has 0 radical (unpaired) electrons. The van der Waals surface area contributed by atoms with Gasteiger partial charge < -0.3 is 9.47 Å². The van der Waals surface area contributed by atoms with Crippen molar-refractivity contribution in [2.45, 2.75) is 38.4 Å². The Balaban J connectivity index is 2.17. The van der Waals surface area contributed by atoms with Crippen LogP contribution < -0.4 is 11.3 Å². The molecule has 0 saturated carbocycles. The molecule has 0 aromatic heterocycles. The van der Waals surface area contributed by atoms with Crippen LogP contribution in [0.1, 0.15) is 26.2 Å². The Morgan fingerprint density at radius 2 is 2.43 bits per heavy atom. The van der Waals surface area contributed by atoms with Crippen molar-refractivity contribution < 1.29 is 14.3 Å². The molecule has 1 saturated heterocycles. The Morgan fingerprint density at radius 1 is 1.64 bits per heavy atom. The number of carbonyl (C=O) groups is 1. The van der Waals surface area contributed by atoms with Crippen LogP contribution >= 0.6 is 0 Å². The normalized spacial score (nSPS) is 26.4. The number of hydrazine groups is 1. The molecule has 1 heterocycles. The van der Waals surface area contributed by atoms with E-state index in [-0.39, 0.29) is 12.0 Å². The van der Waals surface area contributed by atoms with Crippen LogP contribution in [0.3, 0.4) is 0 Å². The first-order valence-electron chi connectivity index (χ1n) is 5.01. The van der Waals surface area contributed by atoms with Gasteiger partial charge in [-0.1, -0.05) is 6.92 Å². The summed E-state index contributed by atoms with van der Waals surface area (Å²) < 4.78 is 10.8. The third-order valence-corrected chi connectivity index (χ3v) is 2.19. The summed E-state index contributed by atoms with van der Waals surface area (Å²) in [5.41, 5.74) is 2.09. The van der Waals surface area contributed by atoms with E-state index in [1.807, 2.05) is 0 Å². The van der Waals surface area contributed by atoms with Crippen LogP contribution in [-0.2, 0) is 14.3 Å². The highest BCUT2D eigenvalue weighted by Crippen LogP contribution is 2.19. The van der Waals surface area contributed by atoms with Crippen LogP contribution in [0, 0.1) is 0 Å². The van der Waals surface area contributed by atoms with Crippen LogP contribution in [0.25, 0.3) is 0 Å². The Morgan fingerprint density at radius 3 is 3.07 bits per heavy atom. The number of nitrogens with one attached hydrogen (secondary N) is 1. The van der Waals surface area contributed by atoms with Gasteiger partial charge in [0.2, 0.25) is 0 Å². The van der Waals surface area contributed by atoms with Crippen molar-refractivity contribution in [3.63, 3.8) is 0 Å². The highest BCUT2D eigenvalue weighted by Gasteiger charge is 2.30. The first-order valence-corrected chi connectivity index (χ1v) is 5.01. The number of rotatable bonds is 5. The van der Waals surface area contributed by atoms with Gasteiger partial charge in [-0.15, -0.1) is 0 Å². The van der Waals surface area contributed by atoms with Gasteiger partial charge in [0.15, 0.2) is 0 Å². The van der Waals surface area contributed by atoms with E-state index in [1.165, 1.54) is 0 Å². The molecule has 0 bridgehead atoms. The van der Waals surface area contributed by atoms with E-state index in [1.54, 1.807) is 0 Å². The number of carbonyl (C=O) groups excluding carboxylic acids is 1. The molecule has 1 rings (SSSR count). The average molecular weight is 202 g/mol. The number of hydrogen-bond acceptors (Lipinski definition) is 4. The van der Waals surface area contributed by atoms with Gasteiger partial charge in [0.1, 0.15) is 6.10 Å². The molecule has 5 nitrogen and oxygen atoms in total. The topological polar surface area (TPSA) is 73.6 Å². The molecule has 0 aliphatic carbocycles. The van der Waals surface area contributed by atoms with Gasteiger partial charge in [-0.3, -0.25) is 10.2 Å². The average Bonchev–Trinajstić information content (AvgIpc) is 2.66. The first kappa shape index (κ1) is 11.4. The predicted molar refractivity (Wildman–Crippen MR) is 51.3 cm³/mol.